The van der Waals surface area contributed by atoms with Gasteiger partial charge in [0.1, 0.15) is 5.00 Å². The molecule has 0 spiro atoms. The van der Waals surface area contributed by atoms with Gasteiger partial charge in [-0.2, -0.15) is 0 Å². The van der Waals surface area contributed by atoms with Crippen LogP contribution in [0.25, 0.3) is 0 Å². The van der Waals surface area contributed by atoms with Crippen molar-refractivity contribution in [1.29, 1.82) is 0 Å². The molecule has 0 radical (unpaired) electrons. The smallest absolute Gasteiger partial charge is 0.184 e. The van der Waals surface area contributed by atoms with Crippen molar-refractivity contribution in [3.63, 3.8) is 0 Å². The molecule has 2 heterocycles. The van der Waals surface area contributed by atoms with Crippen LogP contribution >= 0.6 is 22.7 Å². The Kier molecular flexibility index (Phi) is 2.95. The Bertz CT molecular complexity index is 382. The Morgan fingerprint density at radius 3 is 3.00 bits per heavy atom. The van der Waals surface area contributed by atoms with Gasteiger partial charge < -0.3 is 11.1 Å². The van der Waals surface area contributed by atoms with Crippen molar-refractivity contribution in [3.05, 3.63) is 22.8 Å². The van der Waals surface area contributed by atoms with Crippen molar-refractivity contribution in [3.8, 4) is 0 Å². The summed E-state index contributed by atoms with van der Waals surface area (Å²) in [4.78, 5) is 8.29. The molecule has 74 valence electrons. The average molecular weight is 226 g/mol. The third-order valence-electron chi connectivity index (χ3n) is 1.62. The van der Waals surface area contributed by atoms with Gasteiger partial charge in [0.05, 0.1) is 11.2 Å². The summed E-state index contributed by atoms with van der Waals surface area (Å²) in [7, 11) is 0. The highest BCUT2D eigenvalue weighted by molar-refractivity contribution is 7.19. The normalized spacial score (nSPS) is 10.3. The summed E-state index contributed by atoms with van der Waals surface area (Å²) in [5.41, 5.74) is 5.55. The van der Waals surface area contributed by atoms with Gasteiger partial charge >= 0.3 is 0 Å². The van der Waals surface area contributed by atoms with E-state index in [0.29, 0.717) is 0 Å². The summed E-state index contributed by atoms with van der Waals surface area (Å²) in [6, 6.07) is 0. The summed E-state index contributed by atoms with van der Waals surface area (Å²) >= 11 is 3.13. The molecule has 0 atom stereocenters. The highest BCUT2D eigenvalue weighted by Crippen LogP contribution is 2.19. The maximum absolute atomic E-state index is 5.55. The summed E-state index contributed by atoms with van der Waals surface area (Å²) in [5.74, 6) is 0. The van der Waals surface area contributed by atoms with Crippen molar-refractivity contribution >= 4 is 32.8 Å². The van der Waals surface area contributed by atoms with Gasteiger partial charge in [0.25, 0.3) is 0 Å². The molecule has 0 aliphatic heterocycles. The number of rotatable bonds is 4. The van der Waals surface area contributed by atoms with E-state index < -0.39 is 0 Å². The molecule has 0 unspecified atom stereocenters. The lowest BCUT2D eigenvalue weighted by atomic mass is 10.4. The van der Waals surface area contributed by atoms with Crippen molar-refractivity contribution in [2.24, 2.45) is 0 Å². The van der Waals surface area contributed by atoms with Crippen molar-refractivity contribution in [2.45, 2.75) is 6.42 Å². The zero-order valence-corrected chi connectivity index (χ0v) is 9.07. The van der Waals surface area contributed by atoms with Crippen LogP contribution in [0.4, 0.5) is 10.1 Å². The van der Waals surface area contributed by atoms with Crippen LogP contribution in [0.3, 0.4) is 0 Å². The van der Waals surface area contributed by atoms with E-state index in [0.717, 1.165) is 28.1 Å². The Balaban J connectivity index is 1.78. The standard InChI is InChI=1S/C8H10N4S2/c9-6-5-12-8(14-6)11-2-1-7-10-3-4-13-7/h3-5H,1-2,9H2,(H,11,12). The predicted octanol–water partition coefficient (Wildman–Crippen LogP) is 1.84. The van der Waals surface area contributed by atoms with E-state index in [1.165, 1.54) is 11.3 Å². The third kappa shape index (κ3) is 2.43. The van der Waals surface area contributed by atoms with E-state index in [2.05, 4.69) is 15.3 Å². The van der Waals surface area contributed by atoms with Crippen LogP contribution < -0.4 is 11.1 Å². The molecule has 14 heavy (non-hydrogen) atoms. The fourth-order valence-electron chi connectivity index (χ4n) is 1.02. The molecular formula is C8H10N4S2. The highest BCUT2D eigenvalue weighted by atomic mass is 32.1. The van der Waals surface area contributed by atoms with Gasteiger partial charge in [-0.15, -0.1) is 11.3 Å². The first-order valence-corrected chi connectivity index (χ1v) is 5.88. The quantitative estimate of drug-likeness (QED) is 0.835. The number of hydrogen-bond acceptors (Lipinski definition) is 6. The molecule has 2 rings (SSSR count). The van der Waals surface area contributed by atoms with Gasteiger partial charge in [0.2, 0.25) is 0 Å². The van der Waals surface area contributed by atoms with E-state index in [9.17, 15) is 0 Å². The SMILES string of the molecule is Nc1cnc(NCCc2nccs2)s1. The van der Waals surface area contributed by atoms with Crippen LogP contribution in [0.2, 0.25) is 0 Å². The highest BCUT2D eigenvalue weighted by Gasteiger charge is 1.98. The van der Waals surface area contributed by atoms with E-state index in [1.54, 1.807) is 17.5 Å². The first-order valence-electron chi connectivity index (χ1n) is 4.18. The number of thiazole rings is 2. The van der Waals surface area contributed by atoms with E-state index in [4.69, 9.17) is 5.73 Å². The second-order valence-electron chi connectivity index (χ2n) is 2.67. The zero-order chi connectivity index (χ0) is 9.80. The predicted molar refractivity (Wildman–Crippen MR) is 60.8 cm³/mol. The molecule has 0 aliphatic carbocycles. The molecular weight excluding hydrogens is 216 g/mol. The van der Waals surface area contributed by atoms with Gasteiger partial charge in [-0.1, -0.05) is 11.3 Å². The summed E-state index contributed by atoms with van der Waals surface area (Å²) in [5, 5.41) is 7.93. The second-order valence-corrected chi connectivity index (χ2v) is 4.71. The van der Waals surface area contributed by atoms with Gasteiger partial charge in [-0.25, -0.2) is 9.97 Å². The molecule has 0 saturated carbocycles. The number of nitrogen functional groups attached to an aromatic ring is 1. The first kappa shape index (κ1) is 9.42. The van der Waals surface area contributed by atoms with Crippen LogP contribution in [0, 0.1) is 0 Å². The summed E-state index contributed by atoms with van der Waals surface area (Å²) < 4.78 is 0. The Morgan fingerprint density at radius 2 is 2.36 bits per heavy atom. The third-order valence-corrected chi connectivity index (χ3v) is 3.25. The second kappa shape index (κ2) is 4.39. The fraction of sp³-hybridized carbons (Fsp3) is 0.250. The van der Waals surface area contributed by atoms with Crippen LogP contribution in [0.1, 0.15) is 5.01 Å². The number of nitrogens with zero attached hydrogens (tertiary/aromatic N) is 2. The van der Waals surface area contributed by atoms with Gasteiger partial charge in [0, 0.05) is 24.5 Å². The Morgan fingerprint density at radius 1 is 1.43 bits per heavy atom. The van der Waals surface area contributed by atoms with Crippen molar-refractivity contribution in [1.82, 2.24) is 9.97 Å². The van der Waals surface area contributed by atoms with Gasteiger partial charge in [-0.3, -0.25) is 0 Å². The number of anilines is 2. The minimum atomic E-state index is 0.738. The van der Waals surface area contributed by atoms with Crippen LogP contribution in [-0.2, 0) is 6.42 Å². The van der Waals surface area contributed by atoms with E-state index in [-0.39, 0.29) is 0 Å². The van der Waals surface area contributed by atoms with Crippen molar-refractivity contribution in [2.75, 3.05) is 17.6 Å². The lowest BCUT2D eigenvalue weighted by Gasteiger charge is -1.98. The number of aromatic nitrogens is 2. The molecule has 6 heteroatoms. The minimum absolute atomic E-state index is 0.738. The molecule has 0 amide bonds. The maximum Gasteiger partial charge on any atom is 0.184 e. The molecule has 0 aliphatic rings. The average Bonchev–Trinajstić information content (AvgIpc) is 2.77. The summed E-state index contributed by atoms with van der Waals surface area (Å²) in [6.07, 6.45) is 4.41. The largest absolute Gasteiger partial charge is 0.389 e. The molecule has 0 aromatic carbocycles. The molecule has 3 N–H and O–H groups in total. The number of hydrogen-bond donors (Lipinski definition) is 2. The fourth-order valence-corrected chi connectivity index (χ4v) is 2.25. The minimum Gasteiger partial charge on any atom is -0.389 e. The molecule has 0 saturated heterocycles. The molecule has 4 nitrogen and oxygen atoms in total. The Labute approximate surface area is 89.8 Å². The van der Waals surface area contributed by atoms with E-state index >= 15 is 0 Å². The number of nitrogens with two attached hydrogens (primary N) is 1. The summed E-state index contributed by atoms with van der Waals surface area (Å²) in [6.45, 7) is 0.848. The maximum atomic E-state index is 5.55. The number of nitrogens with one attached hydrogen (secondary N) is 1. The zero-order valence-electron chi connectivity index (χ0n) is 7.43. The van der Waals surface area contributed by atoms with E-state index in [1.807, 2.05) is 11.6 Å². The molecule has 2 aromatic rings. The molecule has 2 aromatic heterocycles. The Hall–Kier alpha value is -1.14. The van der Waals surface area contributed by atoms with Crippen LogP contribution in [0.5, 0.6) is 0 Å². The van der Waals surface area contributed by atoms with Crippen LogP contribution in [0.15, 0.2) is 17.8 Å². The molecule has 0 bridgehead atoms. The van der Waals surface area contributed by atoms with Gasteiger partial charge in [-0.05, 0) is 0 Å². The van der Waals surface area contributed by atoms with Crippen molar-refractivity contribution < 1.29 is 0 Å². The molecule has 0 fully saturated rings. The lowest BCUT2D eigenvalue weighted by molar-refractivity contribution is 0.995. The topological polar surface area (TPSA) is 63.8 Å². The lowest BCUT2D eigenvalue weighted by Crippen LogP contribution is -2.03. The first-order chi connectivity index (χ1) is 6.84. The monoisotopic (exact) mass is 226 g/mol. The van der Waals surface area contributed by atoms with Crippen LogP contribution in [-0.4, -0.2) is 16.5 Å². The van der Waals surface area contributed by atoms with Gasteiger partial charge in [0.15, 0.2) is 5.13 Å².